The molecule has 2 aliphatic heterocycles. The summed E-state index contributed by atoms with van der Waals surface area (Å²) in [4.78, 5) is 20.0. The van der Waals surface area contributed by atoms with Gasteiger partial charge in [-0.1, -0.05) is 29.3 Å². The molecule has 9 heteroatoms. The molecular weight excluding hydrogens is 479 g/mol. The van der Waals surface area contributed by atoms with Crippen molar-refractivity contribution in [1.82, 2.24) is 9.55 Å². The minimum atomic E-state index is -0.216. The molecule has 156 valence electrons. The molecule has 29 heavy (non-hydrogen) atoms. The molecule has 2 N–H and O–H groups in total. The minimum absolute atomic E-state index is 0.0146. The molecule has 2 aromatic rings. The molecule has 0 bridgehead atoms. The van der Waals surface area contributed by atoms with Crippen LogP contribution in [0, 0.1) is 12.3 Å². The number of hydrogen-bond donors (Lipinski definition) is 1. The molecule has 2 aliphatic rings. The molecule has 1 aromatic heterocycles. The van der Waals surface area contributed by atoms with Crippen molar-refractivity contribution in [2.45, 2.75) is 38.8 Å². The summed E-state index contributed by atoms with van der Waals surface area (Å²) in [6.45, 7) is 6.08. The van der Waals surface area contributed by atoms with Gasteiger partial charge in [0.2, 0.25) is 0 Å². The van der Waals surface area contributed by atoms with E-state index >= 15 is 0 Å². The fraction of sp³-hybridized carbons (Fsp3) is 0.500. The van der Waals surface area contributed by atoms with E-state index in [0.717, 1.165) is 25.9 Å². The number of benzene rings is 1. The molecule has 4 rings (SSSR count). The SMILES string of the molecule is Cc1nc(N2CCC3(CC2)CO[C@@H](C)[C@H]3N)c(Br)c(=O)n1-c1cccc(Cl)c1Cl. The van der Waals surface area contributed by atoms with Gasteiger partial charge in [0.25, 0.3) is 5.56 Å². The topological polar surface area (TPSA) is 73.4 Å². The number of hydrogen-bond acceptors (Lipinski definition) is 5. The van der Waals surface area contributed by atoms with Gasteiger partial charge in [0.1, 0.15) is 10.3 Å². The number of aryl methyl sites for hydroxylation is 1. The van der Waals surface area contributed by atoms with E-state index in [2.05, 4.69) is 20.8 Å². The first-order valence-electron chi connectivity index (χ1n) is 9.61. The van der Waals surface area contributed by atoms with E-state index in [1.54, 1.807) is 25.1 Å². The molecule has 2 fully saturated rings. The first-order valence-corrected chi connectivity index (χ1v) is 11.2. The number of piperidine rings is 1. The van der Waals surface area contributed by atoms with Crippen LogP contribution in [0.5, 0.6) is 0 Å². The maximum absolute atomic E-state index is 13.2. The highest BCUT2D eigenvalue weighted by Crippen LogP contribution is 2.42. The first-order chi connectivity index (χ1) is 13.7. The van der Waals surface area contributed by atoms with Gasteiger partial charge < -0.3 is 15.4 Å². The van der Waals surface area contributed by atoms with E-state index in [1.807, 2.05) is 6.92 Å². The van der Waals surface area contributed by atoms with Gasteiger partial charge >= 0.3 is 0 Å². The fourth-order valence-corrected chi connectivity index (χ4v) is 5.28. The van der Waals surface area contributed by atoms with Crippen molar-refractivity contribution in [2.75, 3.05) is 24.6 Å². The smallest absolute Gasteiger partial charge is 0.274 e. The second-order valence-corrected chi connectivity index (χ2v) is 9.48. The summed E-state index contributed by atoms with van der Waals surface area (Å²) in [6.07, 6.45) is 1.91. The van der Waals surface area contributed by atoms with Crippen LogP contribution in [0.3, 0.4) is 0 Å². The van der Waals surface area contributed by atoms with Crippen molar-refractivity contribution in [2.24, 2.45) is 11.1 Å². The van der Waals surface area contributed by atoms with E-state index in [-0.39, 0.29) is 23.1 Å². The van der Waals surface area contributed by atoms with Crippen molar-refractivity contribution in [1.29, 1.82) is 0 Å². The third kappa shape index (κ3) is 3.51. The summed E-state index contributed by atoms with van der Waals surface area (Å²) >= 11 is 15.9. The van der Waals surface area contributed by atoms with E-state index in [9.17, 15) is 4.79 Å². The third-order valence-electron chi connectivity index (χ3n) is 6.26. The Hall–Kier alpha value is -1.12. The Kier molecular flexibility index (Phi) is 5.72. The molecule has 6 nitrogen and oxygen atoms in total. The molecule has 0 radical (unpaired) electrons. The number of ether oxygens (including phenoxy) is 1. The lowest BCUT2D eigenvalue weighted by atomic mass is 9.73. The van der Waals surface area contributed by atoms with Crippen LogP contribution in [0.15, 0.2) is 27.5 Å². The summed E-state index contributed by atoms with van der Waals surface area (Å²) in [5.74, 6) is 1.20. The molecule has 3 heterocycles. The first kappa shape index (κ1) is 21.1. The molecule has 0 saturated carbocycles. The van der Waals surface area contributed by atoms with Crippen molar-refractivity contribution >= 4 is 44.9 Å². The lowest BCUT2D eigenvalue weighted by Crippen LogP contribution is -2.51. The van der Waals surface area contributed by atoms with Crippen LogP contribution in [-0.4, -0.2) is 41.4 Å². The maximum atomic E-state index is 13.2. The average Bonchev–Trinajstić information content (AvgIpc) is 2.97. The summed E-state index contributed by atoms with van der Waals surface area (Å²) < 4.78 is 7.70. The zero-order chi connectivity index (χ0) is 20.9. The average molecular weight is 502 g/mol. The summed E-state index contributed by atoms with van der Waals surface area (Å²) in [6, 6.07) is 5.24. The van der Waals surface area contributed by atoms with Gasteiger partial charge in [-0.15, -0.1) is 0 Å². The Labute approximate surface area is 188 Å². The van der Waals surface area contributed by atoms with Gasteiger partial charge in [-0.3, -0.25) is 9.36 Å². The quantitative estimate of drug-likeness (QED) is 0.674. The Morgan fingerprint density at radius 1 is 1.31 bits per heavy atom. The highest BCUT2D eigenvalue weighted by Gasteiger charge is 2.47. The van der Waals surface area contributed by atoms with Gasteiger partial charge in [-0.2, -0.15) is 0 Å². The zero-order valence-corrected chi connectivity index (χ0v) is 19.4. The van der Waals surface area contributed by atoms with Crippen LogP contribution in [0.25, 0.3) is 5.69 Å². The van der Waals surface area contributed by atoms with Gasteiger partial charge in [-0.25, -0.2) is 4.98 Å². The summed E-state index contributed by atoms with van der Waals surface area (Å²) in [5, 5.41) is 0.714. The van der Waals surface area contributed by atoms with Crippen LogP contribution >= 0.6 is 39.1 Å². The van der Waals surface area contributed by atoms with Gasteiger partial charge in [0, 0.05) is 24.5 Å². The second-order valence-electron chi connectivity index (χ2n) is 7.90. The zero-order valence-electron chi connectivity index (χ0n) is 16.3. The molecule has 1 aromatic carbocycles. The second kappa shape index (κ2) is 7.85. The molecule has 2 atom stereocenters. The fourth-order valence-electron chi connectivity index (χ4n) is 4.39. The molecule has 0 aliphatic carbocycles. The van der Waals surface area contributed by atoms with Crippen LogP contribution in [0.2, 0.25) is 10.0 Å². The van der Waals surface area contributed by atoms with E-state index in [0.29, 0.717) is 38.5 Å². The Bertz CT molecular complexity index is 1000. The monoisotopic (exact) mass is 500 g/mol. The van der Waals surface area contributed by atoms with Gasteiger partial charge in [0.05, 0.1) is 28.4 Å². The summed E-state index contributed by atoms with van der Waals surface area (Å²) in [7, 11) is 0. The lowest BCUT2D eigenvalue weighted by Gasteiger charge is -2.41. The number of aromatic nitrogens is 2. The van der Waals surface area contributed by atoms with Crippen LogP contribution in [0.1, 0.15) is 25.6 Å². The Morgan fingerprint density at radius 3 is 2.62 bits per heavy atom. The highest BCUT2D eigenvalue weighted by atomic mass is 79.9. The number of rotatable bonds is 2. The largest absolute Gasteiger partial charge is 0.376 e. The van der Waals surface area contributed by atoms with Crippen molar-refractivity contribution in [3.05, 3.63) is 48.9 Å². The number of halogens is 3. The predicted molar refractivity (Wildman–Crippen MR) is 120 cm³/mol. The highest BCUT2D eigenvalue weighted by molar-refractivity contribution is 9.10. The number of nitrogens with two attached hydrogens (primary N) is 1. The van der Waals surface area contributed by atoms with Crippen molar-refractivity contribution in [3.63, 3.8) is 0 Å². The maximum Gasteiger partial charge on any atom is 0.274 e. The van der Waals surface area contributed by atoms with Crippen molar-refractivity contribution < 1.29 is 4.74 Å². The third-order valence-corrected chi connectivity index (χ3v) is 7.76. The predicted octanol–water partition coefficient (Wildman–Crippen LogP) is 3.94. The van der Waals surface area contributed by atoms with E-state index in [1.165, 1.54) is 4.57 Å². The minimum Gasteiger partial charge on any atom is -0.376 e. The summed E-state index contributed by atoms with van der Waals surface area (Å²) in [5.41, 5.74) is 6.73. The van der Waals surface area contributed by atoms with Gasteiger partial charge in [0.15, 0.2) is 5.82 Å². The number of nitrogens with zero attached hydrogens (tertiary/aromatic N) is 3. The molecule has 0 unspecified atom stereocenters. The Balaban J connectivity index is 1.66. The van der Waals surface area contributed by atoms with Gasteiger partial charge in [-0.05, 0) is 54.8 Å². The van der Waals surface area contributed by atoms with Crippen LogP contribution in [-0.2, 0) is 4.74 Å². The molecule has 0 amide bonds. The van der Waals surface area contributed by atoms with E-state index < -0.39 is 0 Å². The lowest BCUT2D eigenvalue weighted by molar-refractivity contribution is 0.0974. The van der Waals surface area contributed by atoms with E-state index in [4.69, 9.17) is 38.7 Å². The molecular formula is C20H23BrCl2N4O2. The van der Waals surface area contributed by atoms with Crippen LogP contribution < -0.4 is 16.2 Å². The molecule has 2 saturated heterocycles. The Morgan fingerprint density at radius 2 is 2.00 bits per heavy atom. The normalized spacial score (nSPS) is 23.7. The number of anilines is 1. The van der Waals surface area contributed by atoms with Crippen molar-refractivity contribution in [3.8, 4) is 5.69 Å². The van der Waals surface area contributed by atoms with Crippen LogP contribution in [0.4, 0.5) is 5.82 Å². The standard InChI is InChI=1S/C20H23BrCl2N4O2/c1-11-17(24)20(10-29-11)6-8-26(9-7-20)18-15(21)19(28)27(12(2)25-18)14-5-3-4-13(22)16(14)23/h3-5,11,17H,6-10,24H2,1-2H3/t11-,17+/m0/s1. The molecule has 1 spiro atoms.